The van der Waals surface area contributed by atoms with E-state index in [0.717, 1.165) is 23.1 Å². The second-order valence-electron chi connectivity index (χ2n) is 6.17. The molecule has 1 aliphatic carbocycles. The molecule has 4 nitrogen and oxygen atoms in total. The van der Waals surface area contributed by atoms with Gasteiger partial charge in [-0.3, -0.25) is 4.79 Å². The molecule has 0 spiro atoms. The maximum absolute atomic E-state index is 12.5. The molecule has 2 fully saturated rings. The molecule has 0 unspecified atom stereocenters. The van der Waals surface area contributed by atoms with Crippen molar-refractivity contribution >= 4 is 52.2 Å². The summed E-state index contributed by atoms with van der Waals surface area (Å²) in [5, 5.41) is 3.06. The minimum atomic E-state index is 0.132. The van der Waals surface area contributed by atoms with Crippen LogP contribution in [0.2, 0.25) is 10.0 Å². The van der Waals surface area contributed by atoms with E-state index >= 15 is 0 Å². The van der Waals surface area contributed by atoms with E-state index in [1.807, 2.05) is 10.3 Å². The van der Waals surface area contributed by atoms with Gasteiger partial charge < -0.3 is 9.64 Å². The molecule has 2 aromatic rings. The third-order valence-corrected chi connectivity index (χ3v) is 6.94. The lowest BCUT2D eigenvalue weighted by atomic mass is 10.2. The molecule has 0 N–H and O–H groups in total. The number of rotatable bonds is 7. The van der Waals surface area contributed by atoms with Crippen LogP contribution in [0.3, 0.4) is 0 Å². The van der Waals surface area contributed by atoms with E-state index in [1.54, 1.807) is 47.5 Å². The summed E-state index contributed by atoms with van der Waals surface area (Å²) in [6.45, 7) is 1.20. The zero-order valence-electron chi connectivity index (χ0n) is 13.2. The van der Waals surface area contributed by atoms with Gasteiger partial charge in [-0.25, -0.2) is 4.98 Å². The monoisotopic (exact) mass is 414 g/mol. The zero-order chi connectivity index (χ0) is 17.4. The number of hydrogen-bond acceptors (Lipinski definition) is 5. The van der Waals surface area contributed by atoms with Crippen molar-refractivity contribution in [1.82, 2.24) is 9.88 Å². The van der Waals surface area contributed by atoms with Gasteiger partial charge in [0.1, 0.15) is 16.7 Å². The number of ether oxygens (including phenoxy) is 1. The molecule has 1 saturated carbocycles. The number of piperidine rings is 1. The number of aromatic nitrogens is 1. The van der Waals surface area contributed by atoms with Crippen LogP contribution >= 0.6 is 46.3 Å². The molecule has 1 aromatic heterocycles. The number of nitrogens with zero attached hydrogens (tertiary/aromatic N) is 2. The summed E-state index contributed by atoms with van der Waals surface area (Å²) >= 11 is 15.3. The summed E-state index contributed by atoms with van der Waals surface area (Å²) in [7, 11) is 0. The van der Waals surface area contributed by atoms with Gasteiger partial charge in [-0.2, -0.15) is 0 Å². The number of carbonyl (C=O) groups is 1. The van der Waals surface area contributed by atoms with E-state index < -0.39 is 0 Å². The van der Waals surface area contributed by atoms with Crippen LogP contribution < -0.4 is 4.74 Å². The van der Waals surface area contributed by atoms with Gasteiger partial charge in [0.15, 0.2) is 0 Å². The van der Waals surface area contributed by atoms with Gasteiger partial charge >= 0.3 is 0 Å². The average molecular weight is 415 g/mol. The molecule has 8 heteroatoms. The Labute approximate surface area is 164 Å². The molecule has 1 aliphatic heterocycles. The maximum Gasteiger partial charge on any atom is 0.226 e. The molecule has 1 amide bonds. The normalized spacial score (nSPS) is 24.5. The Kier molecular flexibility index (Phi) is 5.13. The molecular weight excluding hydrogens is 399 g/mol. The molecule has 1 saturated heterocycles. The van der Waals surface area contributed by atoms with Crippen molar-refractivity contribution in [3.8, 4) is 5.75 Å². The molecule has 0 radical (unpaired) electrons. The van der Waals surface area contributed by atoms with Crippen molar-refractivity contribution in [2.45, 2.75) is 16.8 Å². The van der Waals surface area contributed by atoms with E-state index in [1.165, 1.54) is 0 Å². The number of fused-ring (bicyclic) bond motifs is 1. The third kappa shape index (κ3) is 3.92. The Bertz CT molecular complexity index is 752. The SMILES string of the molecule is O=C1[C@H]2C[C@H]2[C@H](COc2cc(Cl)cc(Cl)c2)N1CCSc1nccs1. The number of thioether (sulfide) groups is 1. The number of halogens is 2. The molecule has 25 heavy (non-hydrogen) atoms. The summed E-state index contributed by atoms with van der Waals surface area (Å²) < 4.78 is 6.94. The van der Waals surface area contributed by atoms with Crippen LogP contribution in [0.15, 0.2) is 34.1 Å². The van der Waals surface area contributed by atoms with Crippen molar-refractivity contribution in [3.63, 3.8) is 0 Å². The van der Waals surface area contributed by atoms with Gasteiger partial charge in [0.2, 0.25) is 5.91 Å². The van der Waals surface area contributed by atoms with Crippen molar-refractivity contribution < 1.29 is 9.53 Å². The van der Waals surface area contributed by atoms with E-state index in [9.17, 15) is 4.79 Å². The number of amides is 1. The highest BCUT2D eigenvalue weighted by Crippen LogP contribution is 2.50. The van der Waals surface area contributed by atoms with Crippen molar-refractivity contribution in [1.29, 1.82) is 0 Å². The maximum atomic E-state index is 12.5. The van der Waals surface area contributed by atoms with Crippen molar-refractivity contribution in [2.24, 2.45) is 11.8 Å². The summed E-state index contributed by atoms with van der Waals surface area (Å²) in [5.41, 5.74) is 0. The molecule has 2 heterocycles. The van der Waals surface area contributed by atoms with Crippen LogP contribution in [0.1, 0.15) is 6.42 Å². The second kappa shape index (κ2) is 7.35. The molecule has 2 aliphatic rings. The largest absolute Gasteiger partial charge is 0.491 e. The molecular formula is C17H16Cl2N2O2S2. The average Bonchev–Trinajstić information content (AvgIpc) is 3.09. The summed E-state index contributed by atoms with van der Waals surface area (Å²) in [5.74, 6) is 2.38. The lowest BCUT2D eigenvalue weighted by Crippen LogP contribution is -2.41. The molecule has 4 rings (SSSR count). The van der Waals surface area contributed by atoms with Crippen molar-refractivity contribution in [3.05, 3.63) is 39.8 Å². The van der Waals surface area contributed by atoms with Crippen LogP contribution in [0.4, 0.5) is 0 Å². The highest BCUT2D eigenvalue weighted by molar-refractivity contribution is 8.01. The predicted octanol–water partition coefficient (Wildman–Crippen LogP) is 4.47. The first kappa shape index (κ1) is 17.5. The van der Waals surface area contributed by atoms with E-state index in [0.29, 0.717) is 28.3 Å². The highest BCUT2D eigenvalue weighted by atomic mass is 35.5. The Balaban J connectivity index is 1.36. The lowest BCUT2D eigenvalue weighted by molar-refractivity contribution is -0.131. The predicted molar refractivity (Wildman–Crippen MR) is 102 cm³/mol. The van der Waals surface area contributed by atoms with Crippen LogP contribution in [0.25, 0.3) is 0 Å². The summed E-state index contributed by atoms with van der Waals surface area (Å²) in [6, 6.07) is 5.30. The summed E-state index contributed by atoms with van der Waals surface area (Å²) in [6.07, 6.45) is 2.79. The molecule has 132 valence electrons. The first-order chi connectivity index (χ1) is 12.1. The fourth-order valence-corrected chi connectivity index (χ4v) is 5.48. The van der Waals surface area contributed by atoms with Gasteiger partial charge in [-0.15, -0.1) is 11.3 Å². The minimum Gasteiger partial charge on any atom is -0.491 e. The number of hydrogen-bond donors (Lipinski definition) is 0. The van der Waals surface area contributed by atoms with Crippen LogP contribution in [-0.2, 0) is 4.79 Å². The Morgan fingerprint density at radius 1 is 1.32 bits per heavy atom. The zero-order valence-corrected chi connectivity index (χ0v) is 16.4. The van der Waals surface area contributed by atoms with Crippen LogP contribution in [0, 0.1) is 11.8 Å². The second-order valence-corrected chi connectivity index (χ2v) is 9.28. The minimum absolute atomic E-state index is 0.132. The lowest BCUT2D eigenvalue weighted by Gasteiger charge is -2.27. The molecule has 0 bridgehead atoms. The van der Waals surface area contributed by atoms with E-state index in [-0.39, 0.29) is 17.9 Å². The smallest absolute Gasteiger partial charge is 0.226 e. The Hall–Kier alpha value is -0.950. The fourth-order valence-electron chi connectivity index (χ4n) is 3.33. The van der Waals surface area contributed by atoms with Crippen LogP contribution in [0.5, 0.6) is 5.75 Å². The number of benzene rings is 1. The Morgan fingerprint density at radius 2 is 2.12 bits per heavy atom. The number of carbonyl (C=O) groups excluding carboxylic acids is 1. The fraction of sp³-hybridized carbons (Fsp3) is 0.412. The number of thiazole rings is 1. The topological polar surface area (TPSA) is 42.4 Å². The third-order valence-electron chi connectivity index (χ3n) is 4.56. The standard InChI is InChI=1S/C17H16Cl2N2O2S2/c18-10-5-11(19)7-12(6-10)23-9-15-13-8-14(13)16(22)21(15)2-4-25-17-20-1-3-24-17/h1,3,5-7,13-15H,2,4,8-9H2/t13-,14+,15+/m1/s1. The molecule has 3 atom stereocenters. The highest BCUT2D eigenvalue weighted by Gasteiger charge is 2.58. The Morgan fingerprint density at radius 3 is 2.84 bits per heavy atom. The number of likely N-dealkylation sites (tertiary alicyclic amines) is 1. The quantitative estimate of drug-likeness (QED) is 0.626. The van der Waals surface area contributed by atoms with Gasteiger partial charge in [0, 0.05) is 39.8 Å². The summed E-state index contributed by atoms with van der Waals surface area (Å²) in [4.78, 5) is 18.7. The van der Waals surface area contributed by atoms with E-state index in [4.69, 9.17) is 27.9 Å². The molecule has 1 aromatic carbocycles. The first-order valence-corrected chi connectivity index (χ1v) is 10.7. The van der Waals surface area contributed by atoms with Crippen LogP contribution in [-0.4, -0.2) is 40.7 Å². The van der Waals surface area contributed by atoms with Gasteiger partial charge in [-0.05, 0) is 30.5 Å². The van der Waals surface area contributed by atoms with Gasteiger partial charge in [-0.1, -0.05) is 35.0 Å². The first-order valence-electron chi connectivity index (χ1n) is 8.03. The van der Waals surface area contributed by atoms with Crippen molar-refractivity contribution in [2.75, 3.05) is 18.9 Å². The van der Waals surface area contributed by atoms with Gasteiger partial charge in [0.05, 0.1) is 6.04 Å². The van der Waals surface area contributed by atoms with Gasteiger partial charge in [0.25, 0.3) is 0 Å². The van der Waals surface area contributed by atoms with E-state index in [2.05, 4.69) is 4.98 Å².